The second-order valence-corrected chi connectivity index (χ2v) is 5.79. The zero-order valence-electron chi connectivity index (χ0n) is 11.2. The summed E-state index contributed by atoms with van der Waals surface area (Å²) in [7, 11) is 0. The molecule has 18 heavy (non-hydrogen) atoms. The van der Waals surface area contributed by atoms with E-state index in [0.29, 0.717) is 19.4 Å². The number of hydrogen-bond donors (Lipinski definition) is 2. The molecule has 1 aromatic heterocycles. The van der Waals surface area contributed by atoms with Crippen LogP contribution in [0.15, 0.2) is 17.5 Å². The molecular formula is C14H23NO2S. The van der Waals surface area contributed by atoms with E-state index in [1.165, 1.54) is 0 Å². The number of carbonyl (C=O) groups is 1. The number of rotatable bonds is 8. The van der Waals surface area contributed by atoms with Crippen molar-refractivity contribution in [3.8, 4) is 0 Å². The Balaban J connectivity index is 2.41. The minimum atomic E-state index is -0.830. The first kappa shape index (κ1) is 15.2. The number of carbonyl (C=O) groups excluding carboxylic acids is 1. The van der Waals surface area contributed by atoms with Gasteiger partial charge in [-0.05, 0) is 24.3 Å². The van der Waals surface area contributed by atoms with Crippen LogP contribution in [0.25, 0.3) is 0 Å². The third-order valence-electron chi connectivity index (χ3n) is 2.96. The van der Waals surface area contributed by atoms with E-state index < -0.39 is 5.60 Å². The maximum absolute atomic E-state index is 11.8. The van der Waals surface area contributed by atoms with Crippen LogP contribution in [0.5, 0.6) is 0 Å². The largest absolute Gasteiger partial charge is 0.389 e. The summed E-state index contributed by atoms with van der Waals surface area (Å²) in [6.07, 6.45) is 3.38. The van der Waals surface area contributed by atoms with Gasteiger partial charge >= 0.3 is 0 Å². The van der Waals surface area contributed by atoms with Crippen LogP contribution in [0.2, 0.25) is 0 Å². The Morgan fingerprint density at radius 3 is 2.56 bits per heavy atom. The molecule has 2 N–H and O–H groups in total. The molecule has 1 heterocycles. The zero-order chi connectivity index (χ0) is 13.4. The molecule has 102 valence electrons. The summed E-state index contributed by atoms with van der Waals surface area (Å²) in [6.45, 7) is 4.62. The number of aliphatic hydroxyl groups is 1. The Morgan fingerprint density at radius 2 is 2.06 bits per heavy atom. The normalized spacial score (nSPS) is 11.5. The van der Waals surface area contributed by atoms with Gasteiger partial charge in [-0.2, -0.15) is 0 Å². The molecule has 0 radical (unpaired) electrons. The van der Waals surface area contributed by atoms with Crippen molar-refractivity contribution in [1.29, 1.82) is 0 Å². The summed E-state index contributed by atoms with van der Waals surface area (Å²) >= 11 is 1.63. The molecule has 0 fully saturated rings. The van der Waals surface area contributed by atoms with Gasteiger partial charge in [-0.25, -0.2) is 0 Å². The highest BCUT2D eigenvalue weighted by atomic mass is 32.1. The van der Waals surface area contributed by atoms with Crippen molar-refractivity contribution in [2.75, 3.05) is 0 Å². The Bertz CT molecular complexity index is 343. The van der Waals surface area contributed by atoms with Crippen molar-refractivity contribution in [3.05, 3.63) is 22.4 Å². The lowest BCUT2D eigenvalue weighted by Crippen LogP contribution is -2.36. The Labute approximate surface area is 113 Å². The zero-order valence-corrected chi connectivity index (χ0v) is 12.1. The molecule has 4 heteroatoms. The third kappa shape index (κ3) is 5.19. The van der Waals surface area contributed by atoms with Gasteiger partial charge in [0.25, 0.3) is 0 Å². The first-order valence-corrected chi connectivity index (χ1v) is 7.49. The molecule has 0 aliphatic rings. The monoisotopic (exact) mass is 269 g/mol. The second-order valence-electron chi connectivity index (χ2n) is 4.76. The van der Waals surface area contributed by atoms with Gasteiger partial charge in [0.15, 0.2) is 0 Å². The average Bonchev–Trinajstić information content (AvgIpc) is 2.79. The van der Waals surface area contributed by atoms with Crippen LogP contribution in [-0.2, 0) is 11.3 Å². The van der Waals surface area contributed by atoms with E-state index >= 15 is 0 Å². The molecule has 3 nitrogen and oxygen atoms in total. The molecule has 0 aromatic carbocycles. The lowest BCUT2D eigenvalue weighted by molar-refractivity contribution is -0.126. The van der Waals surface area contributed by atoms with E-state index in [4.69, 9.17) is 0 Å². The lowest BCUT2D eigenvalue weighted by Gasteiger charge is -2.26. The first-order valence-electron chi connectivity index (χ1n) is 6.61. The van der Waals surface area contributed by atoms with E-state index in [9.17, 15) is 9.90 Å². The lowest BCUT2D eigenvalue weighted by atomic mass is 9.89. The van der Waals surface area contributed by atoms with Crippen LogP contribution in [0, 0.1) is 0 Å². The Morgan fingerprint density at radius 1 is 1.39 bits per heavy atom. The van der Waals surface area contributed by atoms with E-state index in [1.54, 1.807) is 11.3 Å². The van der Waals surface area contributed by atoms with Crippen molar-refractivity contribution < 1.29 is 9.90 Å². The van der Waals surface area contributed by atoms with Crippen LogP contribution < -0.4 is 5.32 Å². The summed E-state index contributed by atoms with van der Waals surface area (Å²) in [5, 5.41) is 15.2. The van der Waals surface area contributed by atoms with Gasteiger partial charge < -0.3 is 10.4 Å². The molecule has 0 unspecified atom stereocenters. The predicted octanol–water partition coefficient (Wildman–Crippen LogP) is 3.09. The average molecular weight is 269 g/mol. The molecule has 1 rings (SSSR count). The molecule has 0 atom stereocenters. The fraction of sp³-hybridized carbons (Fsp3) is 0.643. The fourth-order valence-corrected chi connectivity index (χ4v) is 2.84. The minimum Gasteiger partial charge on any atom is -0.389 e. The molecular weight excluding hydrogens is 246 g/mol. The van der Waals surface area contributed by atoms with E-state index in [2.05, 4.69) is 5.32 Å². The minimum absolute atomic E-state index is 0.0622. The van der Waals surface area contributed by atoms with Gasteiger partial charge in [0.05, 0.1) is 18.6 Å². The molecule has 1 aromatic rings. The fourth-order valence-electron chi connectivity index (χ4n) is 2.19. The molecule has 0 saturated heterocycles. The highest BCUT2D eigenvalue weighted by Gasteiger charge is 2.27. The predicted molar refractivity (Wildman–Crippen MR) is 75.5 cm³/mol. The van der Waals surface area contributed by atoms with Gasteiger partial charge in [0.2, 0.25) is 5.91 Å². The summed E-state index contributed by atoms with van der Waals surface area (Å²) in [6, 6.07) is 3.96. The highest BCUT2D eigenvalue weighted by Crippen LogP contribution is 2.23. The topological polar surface area (TPSA) is 49.3 Å². The van der Waals surface area contributed by atoms with Crippen molar-refractivity contribution in [3.63, 3.8) is 0 Å². The second kappa shape index (κ2) is 7.54. The van der Waals surface area contributed by atoms with Gasteiger partial charge in [-0.1, -0.05) is 32.8 Å². The van der Waals surface area contributed by atoms with Crippen LogP contribution in [-0.4, -0.2) is 16.6 Å². The summed E-state index contributed by atoms with van der Waals surface area (Å²) in [4.78, 5) is 13.0. The van der Waals surface area contributed by atoms with Gasteiger partial charge in [-0.3, -0.25) is 4.79 Å². The van der Waals surface area contributed by atoms with Gasteiger partial charge in [0.1, 0.15) is 0 Å². The van der Waals surface area contributed by atoms with Crippen LogP contribution in [0.4, 0.5) is 0 Å². The molecule has 0 saturated carbocycles. The van der Waals surface area contributed by atoms with Crippen molar-refractivity contribution >= 4 is 17.2 Å². The van der Waals surface area contributed by atoms with Gasteiger partial charge in [0, 0.05) is 4.88 Å². The molecule has 0 aliphatic carbocycles. The Kier molecular flexibility index (Phi) is 6.36. The molecule has 0 spiro atoms. The maximum atomic E-state index is 11.8. The van der Waals surface area contributed by atoms with Crippen molar-refractivity contribution in [1.82, 2.24) is 5.32 Å². The SMILES string of the molecule is CCCC(O)(CCC)CC(=O)NCc1cccs1. The van der Waals surface area contributed by atoms with Crippen LogP contribution in [0.3, 0.4) is 0 Å². The number of hydrogen-bond acceptors (Lipinski definition) is 3. The van der Waals surface area contributed by atoms with Crippen molar-refractivity contribution in [2.24, 2.45) is 0 Å². The molecule has 0 bridgehead atoms. The van der Waals surface area contributed by atoms with Crippen molar-refractivity contribution in [2.45, 2.75) is 58.1 Å². The third-order valence-corrected chi connectivity index (χ3v) is 3.84. The van der Waals surface area contributed by atoms with Gasteiger partial charge in [-0.15, -0.1) is 11.3 Å². The number of nitrogens with one attached hydrogen (secondary N) is 1. The van der Waals surface area contributed by atoms with Crippen LogP contribution >= 0.6 is 11.3 Å². The number of amides is 1. The summed E-state index contributed by atoms with van der Waals surface area (Å²) in [5.74, 6) is -0.0622. The van der Waals surface area contributed by atoms with Crippen LogP contribution in [0.1, 0.15) is 50.8 Å². The smallest absolute Gasteiger partial charge is 0.223 e. The quantitative estimate of drug-likeness (QED) is 0.762. The Hall–Kier alpha value is -0.870. The molecule has 0 aliphatic heterocycles. The summed E-state index contributed by atoms with van der Waals surface area (Å²) < 4.78 is 0. The highest BCUT2D eigenvalue weighted by molar-refractivity contribution is 7.09. The standard InChI is InChI=1S/C14H23NO2S/c1-3-7-14(17,8-4-2)10-13(16)15-11-12-6-5-9-18-12/h5-6,9,17H,3-4,7-8,10-11H2,1-2H3,(H,15,16). The van der Waals surface area contributed by atoms with E-state index in [1.807, 2.05) is 31.4 Å². The van der Waals surface area contributed by atoms with E-state index in [-0.39, 0.29) is 12.3 Å². The molecule has 1 amide bonds. The maximum Gasteiger partial charge on any atom is 0.223 e. The summed E-state index contributed by atoms with van der Waals surface area (Å²) in [5.41, 5.74) is -0.830. The van der Waals surface area contributed by atoms with E-state index in [0.717, 1.165) is 17.7 Å². The first-order chi connectivity index (χ1) is 8.59. The number of thiophene rings is 1.